The number of piperazine rings is 1. The van der Waals surface area contributed by atoms with Crippen molar-refractivity contribution >= 4 is 16.9 Å². The summed E-state index contributed by atoms with van der Waals surface area (Å²) in [6.45, 7) is 6.32. The highest BCUT2D eigenvalue weighted by Gasteiger charge is 2.30. The Morgan fingerprint density at radius 2 is 1.67 bits per heavy atom. The lowest BCUT2D eigenvalue weighted by Crippen LogP contribution is -2.49. The van der Waals surface area contributed by atoms with Gasteiger partial charge in [-0.05, 0) is 44.7 Å². The van der Waals surface area contributed by atoms with E-state index in [0.29, 0.717) is 12.1 Å². The van der Waals surface area contributed by atoms with Gasteiger partial charge in [-0.2, -0.15) is 0 Å². The molecule has 5 nitrogen and oxygen atoms in total. The van der Waals surface area contributed by atoms with Gasteiger partial charge in [-0.1, -0.05) is 30.3 Å². The maximum absolute atomic E-state index is 13.3. The molecule has 1 unspecified atom stereocenters. The van der Waals surface area contributed by atoms with E-state index in [9.17, 15) is 4.79 Å². The minimum atomic E-state index is 0.0545. The fourth-order valence-corrected chi connectivity index (χ4v) is 3.65. The summed E-state index contributed by atoms with van der Waals surface area (Å²) < 4.78 is 0. The molecule has 1 aromatic heterocycles. The Kier molecular flexibility index (Phi) is 4.62. The fourth-order valence-electron chi connectivity index (χ4n) is 3.65. The van der Waals surface area contributed by atoms with Crippen LogP contribution in [-0.2, 0) is 0 Å². The number of amides is 1. The van der Waals surface area contributed by atoms with Crippen molar-refractivity contribution in [2.45, 2.75) is 19.9 Å². The van der Waals surface area contributed by atoms with Crippen LogP contribution in [0.2, 0.25) is 0 Å². The van der Waals surface area contributed by atoms with E-state index in [1.54, 1.807) is 0 Å². The van der Waals surface area contributed by atoms with Crippen LogP contribution in [0.15, 0.2) is 48.5 Å². The van der Waals surface area contributed by atoms with Gasteiger partial charge in [0.1, 0.15) is 0 Å². The maximum atomic E-state index is 13.3. The van der Waals surface area contributed by atoms with Gasteiger partial charge >= 0.3 is 0 Å². The molecule has 0 bridgehead atoms. The molecule has 0 saturated carbocycles. The lowest BCUT2D eigenvalue weighted by molar-refractivity contribution is 0.0498. The number of nitrogens with zero attached hydrogens (tertiary/aromatic N) is 4. The largest absolute Gasteiger partial charge is 0.329 e. The molecular formula is C22H24N4O. The van der Waals surface area contributed by atoms with Crippen molar-refractivity contribution in [1.29, 1.82) is 0 Å². The average molecular weight is 360 g/mol. The van der Waals surface area contributed by atoms with Crippen molar-refractivity contribution in [3.63, 3.8) is 0 Å². The molecule has 138 valence electrons. The van der Waals surface area contributed by atoms with Gasteiger partial charge in [-0.3, -0.25) is 4.79 Å². The van der Waals surface area contributed by atoms with Crippen LogP contribution in [0.5, 0.6) is 0 Å². The molecule has 3 aromatic rings. The van der Waals surface area contributed by atoms with Crippen molar-refractivity contribution in [2.24, 2.45) is 0 Å². The fraction of sp³-hybridized carbons (Fsp3) is 0.318. The van der Waals surface area contributed by atoms with E-state index in [-0.39, 0.29) is 11.9 Å². The molecule has 2 heterocycles. The molecule has 0 aliphatic carbocycles. The number of hydrogen-bond acceptors (Lipinski definition) is 4. The first-order valence-corrected chi connectivity index (χ1v) is 9.32. The molecule has 1 fully saturated rings. The molecule has 0 spiro atoms. The third kappa shape index (κ3) is 3.43. The summed E-state index contributed by atoms with van der Waals surface area (Å²) in [7, 11) is 2.11. The molecule has 1 aliphatic heterocycles. The van der Waals surface area contributed by atoms with Gasteiger partial charge in [0.2, 0.25) is 0 Å². The normalized spacial score (nSPS) is 18.0. The maximum Gasteiger partial charge on any atom is 0.254 e. The summed E-state index contributed by atoms with van der Waals surface area (Å²) in [5.41, 5.74) is 5.26. The number of carbonyl (C=O) groups excluding carboxylic acids is 1. The topological polar surface area (TPSA) is 49.3 Å². The highest BCUT2D eigenvalue weighted by Crippen LogP contribution is 2.27. The number of carbonyl (C=O) groups is 1. The predicted molar refractivity (Wildman–Crippen MR) is 107 cm³/mol. The second-order valence-corrected chi connectivity index (χ2v) is 7.29. The molecule has 0 radical (unpaired) electrons. The molecule has 27 heavy (non-hydrogen) atoms. The highest BCUT2D eigenvalue weighted by molar-refractivity contribution is 5.97. The lowest BCUT2D eigenvalue weighted by Gasteiger charge is -2.40. The van der Waals surface area contributed by atoms with Gasteiger partial charge in [0.05, 0.1) is 28.5 Å². The SMILES string of the molecule is Cc1nc2ccc(C(=O)N3CCN(C)CC3c3ccccc3)cc2nc1C. The number of hydrogen-bond donors (Lipinski definition) is 0. The summed E-state index contributed by atoms with van der Waals surface area (Å²) in [6, 6.07) is 16.0. The van der Waals surface area contributed by atoms with Crippen LogP contribution in [0.25, 0.3) is 11.0 Å². The van der Waals surface area contributed by atoms with E-state index in [1.165, 1.54) is 5.56 Å². The van der Waals surface area contributed by atoms with Crippen molar-refractivity contribution < 1.29 is 4.79 Å². The average Bonchev–Trinajstić information content (AvgIpc) is 2.68. The molecule has 2 aromatic carbocycles. The van der Waals surface area contributed by atoms with E-state index in [1.807, 2.05) is 55.1 Å². The Morgan fingerprint density at radius 1 is 0.963 bits per heavy atom. The summed E-state index contributed by atoms with van der Waals surface area (Å²) in [5.74, 6) is 0.0545. The zero-order chi connectivity index (χ0) is 19.0. The van der Waals surface area contributed by atoms with E-state index in [0.717, 1.165) is 35.5 Å². The Hall–Kier alpha value is -2.79. The second-order valence-electron chi connectivity index (χ2n) is 7.29. The first kappa shape index (κ1) is 17.6. The van der Waals surface area contributed by atoms with E-state index in [4.69, 9.17) is 0 Å². The van der Waals surface area contributed by atoms with Crippen LogP contribution in [0.1, 0.15) is 33.4 Å². The second kappa shape index (κ2) is 7.08. The van der Waals surface area contributed by atoms with Crippen LogP contribution in [0.4, 0.5) is 0 Å². The van der Waals surface area contributed by atoms with Crippen LogP contribution in [0.3, 0.4) is 0 Å². The molecule has 1 atom stereocenters. The van der Waals surface area contributed by atoms with Gasteiger partial charge in [0, 0.05) is 25.2 Å². The van der Waals surface area contributed by atoms with Gasteiger partial charge in [-0.15, -0.1) is 0 Å². The predicted octanol–water partition coefficient (Wildman–Crippen LogP) is 3.38. The van der Waals surface area contributed by atoms with Gasteiger partial charge < -0.3 is 9.80 Å². The van der Waals surface area contributed by atoms with Crippen molar-refractivity contribution in [2.75, 3.05) is 26.7 Å². The molecule has 1 aliphatic rings. The first-order chi connectivity index (χ1) is 13.0. The number of aryl methyl sites for hydroxylation is 2. The van der Waals surface area contributed by atoms with Crippen LogP contribution in [0, 0.1) is 13.8 Å². The third-order valence-electron chi connectivity index (χ3n) is 5.35. The van der Waals surface area contributed by atoms with E-state index >= 15 is 0 Å². The smallest absolute Gasteiger partial charge is 0.254 e. The van der Waals surface area contributed by atoms with Crippen LogP contribution < -0.4 is 0 Å². The van der Waals surface area contributed by atoms with Crippen LogP contribution in [-0.4, -0.2) is 52.4 Å². The molecule has 0 N–H and O–H groups in total. The number of likely N-dealkylation sites (N-methyl/N-ethyl adjacent to an activating group) is 1. The molecule has 5 heteroatoms. The monoisotopic (exact) mass is 360 g/mol. The van der Waals surface area contributed by atoms with Gasteiger partial charge in [0.15, 0.2) is 0 Å². The van der Waals surface area contributed by atoms with Crippen molar-refractivity contribution in [3.05, 3.63) is 71.0 Å². The molecule has 1 saturated heterocycles. The summed E-state index contributed by atoms with van der Waals surface area (Å²) in [5, 5.41) is 0. The number of rotatable bonds is 2. The lowest BCUT2D eigenvalue weighted by atomic mass is 10.0. The Morgan fingerprint density at radius 3 is 2.41 bits per heavy atom. The highest BCUT2D eigenvalue weighted by atomic mass is 16.2. The Balaban J connectivity index is 1.69. The Bertz CT molecular complexity index is 986. The number of benzene rings is 2. The van der Waals surface area contributed by atoms with Gasteiger partial charge in [0.25, 0.3) is 5.91 Å². The summed E-state index contributed by atoms with van der Waals surface area (Å²) in [4.78, 5) is 26.8. The van der Waals surface area contributed by atoms with E-state index < -0.39 is 0 Å². The quantitative estimate of drug-likeness (QED) is 0.703. The third-order valence-corrected chi connectivity index (χ3v) is 5.35. The standard InChI is InChI=1S/C22H24N4O/c1-15-16(2)24-20-13-18(9-10-19(20)23-15)22(27)26-12-11-25(3)14-21(26)17-7-5-4-6-8-17/h4-10,13,21H,11-12,14H2,1-3H3. The summed E-state index contributed by atoms with van der Waals surface area (Å²) >= 11 is 0. The minimum Gasteiger partial charge on any atom is -0.329 e. The van der Waals surface area contributed by atoms with Crippen molar-refractivity contribution in [1.82, 2.24) is 19.8 Å². The van der Waals surface area contributed by atoms with Gasteiger partial charge in [-0.25, -0.2) is 9.97 Å². The van der Waals surface area contributed by atoms with Crippen LogP contribution >= 0.6 is 0 Å². The Labute approximate surface area is 159 Å². The summed E-state index contributed by atoms with van der Waals surface area (Å²) in [6.07, 6.45) is 0. The van der Waals surface area contributed by atoms with E-state index in [2.05, 4.69) is 34.0 Å². The molecule has 4 rings (SSSR count). The number of aromatic nitrogens is 2. The molecular weight excluding hydrogens is 336 g/mol. The zero-order valence-corrected chi connectivity index (χ0v) is 16.0. The first-order valence-electron chi connectivity index (χ1n) is 9.32. The number of fused-ring (bicyclic) bond motifs is 1. The zero-order valence-electron chi connectivity index (χ0n) is 16.0. The molecule has 1 amide bonds. The minimum absolute atomic E-state index is 0.0545. The van der Waals surface area contributed by atoms with Crippen molar-refractivity contribution in [3.8, 4) is 0 Å².